The third kappa shape index (κ3) is 2.65. The number of pyridine rings is 1. The van der Waals surface area contributed by atoms with Gasteiger partial charge in [0.1, 0.15) is 5.75 Å². The van der Waals surface area contributed by atoms with Gasteiger partial charge < -0.3 is 9.47 Å². The maximum Gasteiger partial charge on any atom is 0.199 e. The lowest BCUT2D eigenvalue weighted by Gasteiger charge is -2.23. The minimum absolute atomic E-state index is 0.120. The third-order valence-corrected chi connectivity index (χ3v) is 3.52. The van der Waals surface area contributed by atoms with Crippen LogP contribution in [0.4, 0.5) is 0 Å². The minimum atomic E-state index is -0.120. The Balaban J connectivity index is 1.83. The second-order valence-electron chi connectivity index (χ2n) is 4.42. The molecule has 0 saturated carbocycles. The topological polar surface area (TPSA) is 31.4 Å². The molecule has 4 heteroatoms. The molecule has 0 spiro atoms. The predicted molar refractivity (Wildman–Crippen MR) is 73.7 cm³/mol. The summed E-state index contributed by atoms with van der Waals surface area (Å²) in [4.78, 5) is 4.39. The fourth-order valence-corrected chi connectivity index (χ4v) is 2.48. The van der Waals surface area contributed by atoms with E-state index in [1.807, 2.05) is 24.3 Å². The quantitative estimate of drug-likeness (QED) is 0.843. The van der Waals surface area contributed by atoms with Crippen molar-refractivity contribution in [3.8, 4) is 5.75 Å². The first-order chi connectivity index (χ1) is 8.81. The largest absolute Gasteiger partial charge is 0.463 e. The Labute approximate surface area is 114 Å². The summed E-state index contributed by atoms with van der Waals surface area (Å²) in [7, 11) is 0. The SMILES string of the molecule is Brc1ccc2ncc(OC3CCCCO3)cc2c1. The van der Waals surface area contributed by atoms with Gasteiger partial charge in [-0.1, -0.05) is 15.9 Å². The summed E-state index contributed by atoms with van der Waals surface area (Å²) < 4.78 is 12.4. The van der Waals surface area contributed by atoms with Gasteiger partial charge >= 0.3 is 0 Å². The number of fused-ring (bicyclic) bond motifs is 1. The van der Waals surface area contributed by atoms with Crippen molar-refractivity contribution >= 4 is 26.8 Å². The smallest absolute Gasteiger partial charge is 0.199 e. The van der Waals surface area contributed by atoms with Crippen LogP contribution in [0.5, 0.6) is 5.75 Å². The van der Waals surface area contributed by atoms with E-state index in [2.05, 4.69) is 20.9 Å². The first-order valence-corrected chi connectivity index (χ1v) is 6.94. The van der Waals surface area contributed by atoms with Gasteiger partial charge in [-0.3, -0.25) is 4.98 Å². The number of hydrogen-bond donors (Lipinski definition) is 0. The van der Waals surface area contributed by atoms with Gasteiger partial charge in [-0.2, -0.15) is 0 Å². The second kappa shape index (κ2) is 5.24. The summed E-state index contributed by atoms with van der Waals surface area (Å²) in [5, 5.41) is 1.07. The van der Waals surface area contributed by atoms with Gasteiger partial charge in [0.2, 0.25) is 0 Å². The van der Waals surface area contributed by atoms with Gasteiger partial charge in [-0.15, -0.1) is 0 Å². The van der Waals surface area contributed by atoms with Crippen LogP contribution in [0, 0.1) is 0 Å². The van der Waals surface area contributed by atoms with Crippen molar-refractivity contribution in [1.82, 2.24) is 4.98 Å². The molecule has 1 fully saturated rings. The van der Waals surface area contributed by atoms with E-state index in [1.165, 1.54) is 0 Å². The van der Waals surface area contributed by atoms with Crippen molar-refractivity contribution in [2.45, 2.75) is 25.6 Å². The van der Waals surface area contributed by atoms with Crippen LogP contribution in [0.15, 0.2) is 34.9 Å². The molecule has 1 unspecified atom stereocenters. The number of ether oxygens (including phenoxy) is 2. The van der Waals surface area contributed by atoms with Crippen molar-refractivity contribution in [3.05, 3.63) is 34.9 Å². The van der Waals surface area contributed by atoms with Gasteiger partial charge in [0, 0.05) is 16.3 Å². The molecule has 2 aromatic rings. The third-order valence-electron chi connectivity index (χ3n) is 3.02. The van der Waals surface area contributed by atoms with Crippen LogP contribution in [0.25, 0.3) is 10.9 Å². The zero-order valence-corrected chi connectivity index (χ0v) is 11.5. The Morgan fingerprint density at radius 1 is 1.28 bits per heavy atom. The van der Waals surface area contributed by atoms with Crippen molar-refractivity contribution in [2.75, 3.05) is 6.61 Å². The average Bonchev–Trinajstić information content (AvgIpc) is 2.39. The van der Waals surface area contributed by atoms with Gasteiger partial charge in [-0.25, -0.2) is 0 Å². The Kier molecular flexibility index (Phi) is 3.48. The molecule has 3 nitrogen and oxygen atoms in total. The maximum absolute atomic E-state index is 5.80. The van der Waals surface area contributed by atoms with E-state index in [0.717, 1.165) is 47.0 Å². The van der Waals surface area contributed by atoms with Gasteiger partial charge in [0.25, 0.3) is 0 Å². The average molecular weight is 308 g/mol. The fourth-order valence-electron chi connectivity index (χ4n) is 2.10. The molecule has 0 radical (unpaired) electrons. The highest BCUT2D eigenvalue weighted by Gasteiger charge is 2.15. The zero-order chi connectivity index (χ0) is 12.4. The molecule has 2 heterocycles. The number of halogens is 1. The number of benzene rings is 1. The van der Waals surface area contributed by atoms with Crippen LogP contribution in [0.3, 0.4) is 0 Å². The van der Waals surface area contributed by atoms with Gasteiger partial charge in [0.05, 0.1) is 18.3 Å². The number of rotatable bonds is 2. The van der Waals surface area contributed by atoms with Crippen molar-refractivity contribution in [3.63, 3.8) is 0 Å². The fraction of sp³-hybridized carbons (Fsp3) is 0.357. The first kappa shape index (κ1) is 11.9. The monoisotopic (exact) mass is 307 g/mol. The second-order valence-corrected chi connectivity index (χ2v) is 5.34. The normalized spacial score (nSPS) is 19.9. The molecule has 1 saturated heterocycles. The molecule has 0 N–H and O–H groups in total. The lowest BCUT2D eigenvalue weighted by Crippen LogP contribution is -2.24. The molecule has 1 aliphatic heterocycles. The number of aromatic nitrogens is 1. The van der Waals surface area contributed by atoms with Gasteiger partial charge in [0.15, 0.2) is 6.29 Å². The lowest BCUT2D eigenvalue weighted by molar-refractivity contribution is -0.105. The summed E-state index contributed by atoms with van der Waals surface area (Å²) in [6, 6.07) is 8.02. The van der Waals surface area contributed by atoms with Crippen LogP contribution in [0.2, 0.25) is 0 Å². The Hall–Kier alpha value is -1.13. The van der Waals surface area contributed by atoms with Crippen LogP contribution in [-0.2, 0) is 4.74 Å². The van der Waals surface area contributed by atoms with E-state index in [0.29, 0.717) is 0 Å². The van der Waals surface area contributed by atoms with Crippen molar-refractivity contribution in [1.29, 1.82) is 0 Å². The molecule has 1 atom stereocenters. The summed E-state index contributed by atoms with van der Waals surface area (Å²) in [5.41, 5.74) is 0.968. The molecule has 94 valence electrons. The van der Waals surface area contributed by atoms with Crippen molar-refractivity contribution in [2.24, 2.45) is 0 Å². The molecule has 3 rings (SSSR count). The van der Waals surface area contributed by atoms with Crippen LogP contribution >= 0.6 is 15.9 Å². The Bertz CT molecular complexity index is 552. The Morgan fingerprint density at radius 3 is 3.06 bits per heavy atom. The maximum atomic E-state index is 5.80. The zero-order valence-electron chi connectivity index (χ0n) is 9.93. The first-order valence-electron chi connectivity index (χ1n) is 6.15. The molecule has 1 aromatic heterocycles. The minimum Gasteiger partial charge on any atom is -0.463 e. The molecule has 1 aromatic carbocycles. The van der Waals surface area contributed by atoms with E-state index in [4.69, 9.17) is 9.47 Å². The number of hydrogen-bond acceptors (Lipinski definition) is 3. The molecular weight excluding hydrogens is 294 g/mol. The molecule has 0 amide bonds. The molecule has 18 heavy (non-hydrogen) atoms. The van der Waals surface area contributed by atoms with Crippen LogP contribution in [-0.4, -0.2) is 17.9 Å². The summed E-state index contributed by atoms with van der Waals surface area (Å²) in [5.74, 6) is 0.771. The summed E-state index contributed by atoms with van der Waals surface area (Å²) in [6.45, 7) is 0.789. The standard InChI is InChI=1S/C14H14BrNO2/c15-11-4-5-13-10(7-11)8-12(9-16-13)18-14-3-1-2-6-17-14/h4-5,7-9,14H,1-3,6H2. The predicted octanol–water partition coefficient (Wildman–Crippen LogP) is 3.90. The summed E-state index contributed by atoms with van der Waals surface area (Å²) in [6.07, 6.45) is 4.88. The van der Waals surface area contributed by atoms with E-state index in [-0.39, 0.29) is 6.29 Å². The highest BCUT2D eigenvalue weighted by molar-refractivity contribution is 9.10. The van der Waals surface area contributed by atoms with E-state index in [9.17, 15) is 0 Å². The number of nitrogens with zero attached hydrogens (tertiary/aromatic N) is 1. The molecule has 0 aliphatic carbocycles. The van der Waals surface area contributed by atoms with Crippen LogP contribution < -0.4 is 4.74 Å². The molecule has 0 bridgehead atoms. The molecule has 1 aliphatic rings. The van der Waals surface area contributed by atoms with E-state index in [1.54, 1.807) is 6.20 Å². The van der Waals surface area contributed by atoms with Crippen molar-refractivity contribution < 1.29 is 9.47 Å². The molecular formula is C14H14BrNO2. The highest BCUT2D eigenvalue weighted by Crippen LogP contribution is 2.24. The van der Waals surface area contributed by atoms with Crippen LogP contribution in [0.1, 0.15) is 19.3 Å². The lowest BCUT2D eigenvalue weighted by atomic mass is 10.2. The van der Waals surface area contributed by atoms with E-state index < -0.39 is 0 Å². The van der Waals surface area contributed by atoms with E-state index >= 15 is 0 Å². The highest BCUT2D eigenvalue weighted by atomic mass is 79.9. The summed E-state index contributed by atoms with van der Waals surface area (Å²) >= 11 is 3.46. The Morgan fingerprint density at radius 2 is 2.22 bits per heavy atom. The van der Waals surface area contributed by atoms with Gasteiger partial charge in [-0.05, 0) is 37.1 Å².